The number of nitrogens with zero attached hydrogens (tertiary/aromatic N) is 2. The maximum absolute atomic E-state index is 12.8. The number of hydrogen-bond acceptors (Lipinski definition) is 3. The van der Waals surface area contributed by atoms with Crippen LogP contribution in [-0.2, 0) is 16.0 Å². The van der Waals surface area contributed by atoms with Crippen molar-refractivity contribution in [3.63, 3.8) is 0 Å². The maximum atomic E-state index is 12.8. The van der Waals surface area contributed by atoms with Gasteiger partial charge in [0.05, 0.1) is 13.2 Å². The molecule has 0 aliphatic carbocycles. The van der Waals surface area contributed by atoms with Gasteiger partial charge in [-0.1, -0.05) is 12.1 Å². The molecule has 1 aromatic carbocycles. The van der Waals surface area contributed by atoms with Crippen LogP contribution in [0.25, 0.3) is 0 Å². The van der Waals surface area contributed by atoms with E-state index < -0.39 is 0 Å². The van der Waals surface area contributed by atoms with Crippen LogP contribution in [-0.4, -0.2) is 53.9 Å². The van der Waals surface area contributed by atoms with Crippen molar-refractivity contribution in [2.24, 2.45) is 0 Å². The van der Waals surface area contributed by atoms with E-state index in [1.807, 2.05) is 17.0 Å². The molecule has 0 spiro atoms. The first-order valence-electron chi connectivity index (χ1n) is 9.40. The lowest BCUT2D eigenvalue weighted by atomic mass is 9.95. The minimum Gasteiger partial charge on any atom is -0.494 e. The van der Waals surface area contributed by atoms with E-state index in [1.165, 1.54) is 18.9 Å². The second-order valence-electron chi connectivity index (χ2n) is 7.07. The number of carbonyl (C=O) groups excluding carboxylic acids is 2. The van der Waals surface area contributed by atoms with Crippen molar-refractivity contribution in [3.05, 3.63) is 29.8 Å². The number of ether oxygens (including phenoxy) is 1. The molecular weight excluding hydrogens is 316 g/mol. The van der Waals surface area contributed by atoms with Crippen molar-refractivity contribution in [3.8, 4) is 5.75 Å². The number of aryl methyl sites for hydroxylation is 1. The highest BCUT2D eigenvalue weighted by Crippen LogP contribution is 2.23. The zero-order chi connectivity index (χ0) is 17.6. The molecule has 1 atom stereocenters. The van der Waals surface area contributed by atoms with Gasteiger partial charge in [-0.15, -0.1) is 0 Å². The van der Waals surface area contributed by atoms with E-state index in [0.717, 1.165) is 44.4 Å². The molecule has 5 heteroatoms. The largest absolute Gasteiger partial charge is 0.494 e. The Morgan fingerprint density at radius 3 is 2.88 bits per heavy atom. The van der Waals surface area contributed by atoms with Crippen LogP contribution in [0.1, 0.15) is 44.6 Å². The molecule has 1 saturated heterocycles. The van der Waals surface area contributed by atoms with Gasteiger partial charge in [0.25, 0.3) is 0 Å². The first kappa shape index (κ1) is 17.8. The fourth-order valence-electron chi connectivity index (χ4n) is 3.80. The molecule has 0 radical (unpaired) electrons. The highest BCUT2D eigenvalue weighted by molar-refractivity contribution is 5.84. The quantitative estimate of drug-likeness (QED) is 0.727. The number of piperidine rings is 1. The molecule has 0 saturated carbocycles. The van der Waals surface area contributed by atoms with Crippen molar-refractivity contribution in [1.82, 2.24) is 9.80 Å². The number of fused-ring (bicyclic) bond motifs is 3. The van der Waals surface area contributed by atoms with Gasteiger partial charge in [0, 0.05) is 26.1 Å². The molecule has 1 fully saturated rings. The summed E-state index contributed by atoms with van der Waals surface area (Å²) in [5.41, 5.74) is 1.26. The summed E-state index contributed by atoms with van der Waals surface area (Å²) in [5, 5.41) is 0. The SMILES string of the molecule is CC(=O)N1CCCOc2cccc(c2)CCC2CCCCN2C(=O)C1. The number of hydrogen-bond donors (Lipinski definition) is 0. The smallest absolute Gasteiger partial charge is 0.242 e. The van der Waals surface area contributed by atoms with E-state index in [9.17, 15) is 9.59 Å². The predicted molar refractivity (Wildman–Crippen MR) is 96.5 cm³/mol. The number of amides is 2. The second kappa shape index (κ2) is 8.37. The standard InChI is InChI=1S/C20H28N2O3/c1-16(23)21-11-5-13-25-19-8-4-6-17(14-19)9-10-18-7-2-3-12-22(18)20(24)15-21/h4,6,8,14,18H,2-3,5,7,9-13,15H2,1H3. The molecule has 136 valence electrons. The Labute approximate surface area is 149 Å². The molecule has 2 amide bonds. The normalized spacial score (nSPS) is 22.6. The van der Waals surface area contributed by atoms with Crippen LogP contribution >= 0.6 is 0 Å². The molecule has 1 unspecified atom stereocenters. The first-order valence-corrected chi connectivity index (χ1v) is 9.40. The Kier molecular flexibility index (Phi) is 5.95. The average Bonchev–Trinajstić information content (AvgIpc) is 2.62. The summed E-state index contributed by atoms with van der Waals surface area (Å²) in [5.74, 6) is 0.933. The molecular formula is C20H28N2O3. The minimum atomic E-state index is -0.0454. The van der Waals surface area contributed by atoms with Crippen LogP contribution in [0, 0.1) is 0 Å². The van der Waals surface area contributed by atoms with Crippen LogP contribution in [0.4, 0.5) is 0 Å². The van der Waals surface area contributed by atoms with E-state index in [-0.39, 0.29) is 24.4 Å². The van der Waals surface area contributed by atoms with Gasteiger partial charge in [0.2, 0.25) is 11.8 Å². The molecule has 2 bridgehead atoms. The first-order chi connectivity index (χ1) is 12.1. The van der Waals surface area contributed by atoms with Crippen LogP contribution in [0.2, 0.25) is 0 Å². The Morgan fingerprint density at radius 2 is 2.04 bits per heavy atom. The van der Waals surface area contributed by atoms with Gasteiger partial charge in [0.15, 0.2) is 0 Å². The number of benzene rings is 1. The van der Waals surface area contributed by atoms with Gasteiger partial charge in [-0.05, 0) is 56.2 Å². The van der Waals surface area contributed by atoms with Crippen molar-refractivity contribution < 1.29 is 14.3 Å². The van der Waals surface area contributed by atoms with Crippen molar-refractivity contribution in [2.75, 3.05) is 26.2 Å². The average molecular weight is 344 g/mol. The van der Waals surface area contributed by atoms with E-state index in [0.29, 0.717) is 13.2 Å². The summed E-state index contributed by atoms with van der Waals surface area (Å²) >= 11 is 0. The van der Waals surface area contributed by atoms with Gasteiger partial charge in [-0.3, -0.25) is 9.59 Å². The lowest BCUT2D eigenvalue weighted by molar-refractivity contribution is -0.142. The summed E-state index contributed by atoms with van der Waals surface area (Å²) in [6.45, 7) is 3.65. The highest BCUT2D eigenvalue weighted by Gasteiger charge is 2.28. The minimum absolute atomic E-state index is 0.0454. The molecule has 3 rings (SSSR count). The van der Waals surface area contributed by atoms with Crippen LogP contribution < -0.4 is 4.74 Å². The topological polar surface area (TPSA) is 49.9 Å². The number of carbonyl (C=O) groups is 2. The maximum Gasteiger partial charge on any atom is 0.242 e. The highest BCUT2D eigenvalue weighted by atomic mass is 16.5. The van der Waals surface area contributed by atoms with Crippen molar-refractivity contribution in [2.45, 2.75) is 51.5 Å². The summed E-state index contributed by atoms with van der Waals surface area (Å²) in [7, 11) is 0. The summed E-state index contributed by atoms with van der Waals surface area (Å²) in [6.07, 6.45) is 5.93. The van der Waals surface area contributed by atoms with Crippen LogP contribution in [0.3, 0.4) is 0 Å². The van der Waals surface area contributed by atoms with Crippen LogP contribution in [0.15, 0.2) is 24.3 Å². The van der Waals surface area contributed by atoms with Crippen molar-refractivity contribution >= 4 is 11.8 Å². The third-order valence-corrected chi connectivity index (χ3v) is 5.22. The van der Waals surface area contributed by atoms with Crippen LogP contribution in [0.5, 0.6) is 5.75 Å². The molecule has 25 heavy (non-hydrogen) atoms. The third kappa shape index (κ3) is 4.74. The van der Waals surface area contributed by atoms with Gasteiger partial charge in [-0.2, -0.15) is 0 Å². The zero-order valence-corrected chi connectivity index (χ0v) is 15.1. The third-order valence-electron chi connectivity index (χ3n) is 5.22. The van der Waals surface area contributed by atoms with E-state index in [4.69, 9.17) is 4.74 Å². The van der Waals surface area contributed by atoms with Gasteiger partial charge in [0.1, 0.15) is 5.75 Å². The Morgan fingerprint density at radius 1 is 1.16 bits per heavy atom. The fourth-order valence-corrected chi connectivity index (χ4v) is 3.80. The molecule has 2 aliphatic rings. The van der Waals surface area contributed by atoms with Crippen molar-refractivity contribution in [1.29, 1.82) is 0 Å². The molecule has 2 aliphatic heterocycles. The molecule has 0 aromatic heterocycles. The van der Waals surface area contributed by atoms with E-state index in [1.54, 1.807) is 4.90 Å². The van der Waals surface area contributed by atoms with Gasteiger partial charge >= 0.3 is 0 Å². The van der Waals surface area contributed by atoms with E-state index in [2.05, 4.69) is 12.1 Å². The lowest BCUT2D eigenvalue weighted by Gasteiger charge is -2.37. The molecule has 0 N–H and O–H groups in total. The molecule has 1 aromatic rings. The van der Waals surface area contributed by atoms with Gasteiger partial charge in [-0.25, -0.2) is 0 Å². The second-order valence-corrected chi connectivity index (χ2v) is 7.07. The summed E-state index contributed by atoms with van der Waals surface area (Å²) in [6, 6.07) is 8.52. The summed E-state index contributed by atoms with van der Waals surface area (Å²) < 4.78 is 5.82. The molecule has 5 nitrogen and oxygen atoms in total. The Hall–Kier alpha value is -2.04. The fraction of sp³-hybridized carbons (Fsp3) is 0.600. The Balaban J connectivity index is 1.80. The zero-order valence-electron chi connectivity index (χ0n) is 15.1. The van der Waals surface area contributed by atoms with Gasteiger partial charge < -0.3 is 14.5 Å². The molecule has 2 heterocycles. The number of rotatable bonds is 0. The predicted octanol–water partition coefficient (Wildman–Crippen LogP) is 2.63. The Bertz CT molecular complexity index is 617. The lowest BCUT2D eigenvalue weighted by Crippen LogP contribution is -2.49. The van der Waals surface area contributed by atoms with E-state index >= 15 is 0 Å². The monoisotopic (exact) mass is 344 g/mol. The summed E-state index contributed by atoms with van der Waals surface area (Å²) in [4.78, 5) is 28.4.